The lowest BCUT2D eigenvalue weighted by molar-refractivity contribution is 0.602. The van der Waals surface area contributed by atoms with Gasteiger partial charge in [-0.2, -0.15) is 0 Å². The van der Waals surface area contributed by atoms with E-state index in [9.17, 15) is 8.42 Å². The molecule has 0 unspecified atom stereocenters. The fourth-order valence-electron chi connectivity index (χ4n) is 1.00. The Labute approximate surface area is 71.1 Å². The maximum atomic E-state index is 11.1. The van der Waals surface area contributed by atoms with E-state index in [0.717, 1.165) is 6.26 Å². The molecule has 0 heterocycles. The molecular weight excluding hydrogens is 176 g/mol. The van der Waals surface area contributed by atoms with Gasteiger partial charge in [-0.3, -0.25) is 0 Å². The Kier molecular flexibility index (Phi) is 1.97. The fourth-order valence-corrected chi connectivity index (χ4v) is 1.99. The zero-order chi connectivity index (χ0) is 9.35. The summed E-state index contributed by atoms with van der Waals surface area (Å²) in [6.45, 7) is 0. The molecule has 0 spiro atoms. The van der Waals surface area contributed by atoms with E-state index in [4.69, 9.17) is 11.5 Å². The van der Waals surface area contributed by atoms with Gasteiger partial charge in [0, 0.05) is 6.26 Å². The Morgan fingerprint density at radius 2 is 1.58 bits per heavy atom. The molecule has 0 saturated carbocycles. The second-order valence-corrected chi connectivity index (χ2v) is 4.49. The molecule has 12 heavy (non-hydrogen) atoms. The lowest BCUT2D eigenvalue weighted by atomic mass is 10.3. The number of benzene rings is 1. The molecule has 0 bridgehead atoms. The largest absolute Gasteiger partial charge is 0.398 e. The highest BCUT2D eigenvalue weighted by molar-refractivity contribution is 7.91. The first-order chi connectivity index (χ1) is 5.43. The van der Waals surface area contributed by atoms with Crippen LogP contribution in [0.4, 0.5) is 11.4 Å². The van der Waals surface area contributed by atoms with Crippen molar-refractivity contribution in [3.63, 3.8) is 0 Å². The van der Waals surface area contributed by atoms with Crippen LogP contribution in [0.5, 0.6) is 0 Å². The van der Waals surface area contributed by atoms with Crippen LogP contribution >= 0.6 is 0 Å². The lowest BCUT2D eigenvalue weighted by Gasteiger charge is -2.05. The molecule has 0 aromatic heterocycles. The van der Waals surface area contributed by atoms with Crippen LogP contribution in [0, 0.1) is 0 Å². The van der Waals surface area contributed by atoms with Gasteiger partial charge in [-0.25, -0.2) is 8.42 Å². The molecule has 0 fully saturated rings. The normalized spacial score (nSPS) is 11.4. The van der Waals surface area contributed by atoms with Crippen molar-refractivity contribution in [2.24, 2.45) is 0 Å². The summed E-state index contributed by atoms with van der Waals surface area (Å²) in [5, 5.41) is 0. The smallest absolute Gasteiger partial charge is 0.179 e. The van der Waals surface area contributed by atoms with Crippen LogP contribution in [0.3, 0.4) is 0 Å². The summed E-state index contributed by atoms with van der Waals surface area (Å²) in [5.41, 5.74) is 11.3. The molecule has 1 aromatic carbocycles. The minimum absolute atomic E-state index is 0.0185. The number of hydrogen-bond donors (Lipinski definition) is 2. The Bertz CT molecular complexity index is 378. The first-order valence-corrected chi connectivity index (χ1v) is 5.16. The predicted octanol–water partition coefficient (Wildman–Crippen LogP) is 0.255. The Morgan fingerprint density at radius 3 is 1.83 bits per heavy atom. The van der Waals surface area contributed by atoms with Crippen molar-refractivity contribution in [2.75, 3.05) is 17.7 Å². The van der Waals surface area contributed by atoms with Crippen molar-refractivity contribution in [3.8, 4) is 0 Å². The molecule has 4 nitrogen and oxygen atoms in total. The summed E-state index contributed by atoms with van der Waals surface area (Å²) >= 11 is 0. The molecule has 5 heteroatoms. The van der Waals surface area contributed by atoms with Crippen molar-refractivity contribution in [1.29, 1.82) is 0 Å². The lowest BCUT2D eigenvalue weighted by Crippen LogP contribution is -2.05. The molecule has 0 radical (unpaired) electrons. The summed E-state index contributed by atoms with van der Waals surface area (Å²) in [6, 6.07) is 4.62. The van der Waals surface area contributed by atoms with Gasteiger partial charge in [0.25, 0.3) is 0 Å². The molecule has 0 aliphatic heterocycles. The Hall–Kier alpha value is -1.23. The second-order valence-electron chi connectivity index (χ2n) is 2.54. The van der Waals surface area contributed by atoms with E-state index in [0.29, 0.717) is 0 Å². The van der Waals surface area contributed by atoms with Crippen LogP contribution in [0.25, 0.3) is 0 Å². The number of rotatable bonds is 1. The maximum absolute atomic E-state index is 11.1. The maximum Gasteiger partial charge on any atom is 0.179 e. The van der Waals surface area contributed by atoms with Crippen LogP contribution in [0.2, 0.25) is 0 Å². The molecule has 66 valence electrons. The van der Waals surface area contributed by atoms with Crippen molar-refractivity contribution in [3.05, 3.63) is 18.2 Å². The van der Waals surface area contributed by atoms with Gasteiger partial charge in [0.15, 0.2) is 9.84 Å². The van der Waals surface area contributed by atoms with E-state index in [1.54, 1.807) is 6.07 Å². The van der Waals surface area contributed by atoms with Crippen molar-refractivity contribution >= 4 is 21.2 Å². The van der Waals surface area contributed by atoms with Crippen LogP contribution < -0.4 is 11.5 Å². The zero-order valence-electron chi connectivity index (χ0n) is 6.61. The zero-order valence-corrected chi connectivity index (χ0v) is 7.43. The monoisotopic (exact) mass is 186 g/mol. The third kappa shape index (κ3) is 1.50. The molecule has 0 saturated heterocycles. The molecule has 0 atom stereocenters. The van der Waals surface area contributed by atoms with E-state index in [-0.39, 0.29) is 16.3 Å². The van der Waals surface area contributed by atoms with Gasteiger partial charge in [-0.1, -0.05) is 6.07 Å². The first kappa shape index (κ1) is 8.86. The van der Waals surface area contributed by atoms with Crippen molar-refractivity contribution < 1.29 is 8.42 Å². The summed E-state index contributed by atoms with van der Waals surface area (Å²) in [7, 11) is -3.31. The van der Waals surface area contributed by atoms with Gasteiger partial charge in [-0.05, 0) is 12.1 Å². The highest BCUT2D eigenvalue weighted by Crippen LogP contribution is 2.24. The second kappa shape index (κ2) is 2.67. The van der Waals surface area contributed by atoms with Crippen LogP contribution in [-0.2, 0) is 9.84 Å². The number of nitrogen functional groups attached to an aromatic ring is 2. The van der Waals surface area contributed by atoms with Crippen molar-refractivity contribution in [1.82, 2.24) is 0 Å². The van der Waals surface area contributed by atoms with Gasteiger partial charge >= 0.3 is 0 Å². The van der Waals surface area contributed by atoms with Gasteiger partial charge < -0.3 is 11.5 Å². The molecule has 1 rings (SSSR count). The van der Waals surface area contributed by atoms with E-state index >= 15 is 0 Å². The summed E-state index contributed by atoms with van der Waals surface area (Å²) in [6.07, 6.45) is 1.08. The Morgan fingerprint density at radius 1 is 1.17 bits per heavy atom. The van der Waals surface area contributed by atoms with Gasteiger partial charge in [0.1, 0.15) is 4.90 Å². The van der Waals surface area contributed by atoms with E-state index < -0.39 is 9.84 Å². The highest BCUT2D eigenvalue weighted by Gasteiger charge is 2.14. The number of anilines is 2. The highest BCUT2D eigenvalue weighted by atomic mass is 32.2. The molecular formula is C7H10N2O2S. The van der Waals surface area contributed by atoms with E-state index in [2.05, 4.69) is 0 Å². The summed E-state index contributed by atoms with van der Waals surface area (Å²) < 4.78 is 22.2. The van der Waals surface area contributed by atoms with Gasteiger partial charge in [0.2, 0.25) is 0 Å². The molecule has 0 amide bonds. The minimum Gasteiger partial charge on any atom is -0.398 e. The van der Waals surface area contributed by atoms with E-state index in [1.807, 2.05) is 0 Å². The van der Waals surface area contributed by atoms with Gasteiger partial charge in [-0.15, -0.1) is 0 Å². The van der Waals surface area contributed by atoms with Crippen LogP contribution in [0.1, 0.15) is 0 Å². The number of sulfone groups is 1. The van der Waals surface area contributed by atoms with Crippen LogP contribution in [-0.4, -0.2) is 14.7 Å². The van der Waals surface area contributed by atoms with E-state index in [1.165, 1.54) is 12.1 Å². The Balaban J connectivity index is 3.53. The quantitative estimate of drug-likeness (QED) is 0.616. The summed E-state index contributed by atoms with van der Waals surface area (Å²) in [4.78, 5) is 0.0185. The average Bonchev–Trinajstić information content (AvgIpc) is 1.82. The molecule has 4 N–H and O–H groups in total. The third-order valence-electron chi connectivity index (χ3n) is 1.45. The first-order valence-electron chi connectivity index (χ1n) is 3.27. The third-order valence-corrected chi connectivity index (χ3v) is 2.66. The topological polar surface area (TPSA) is 86.2 Å². The fraction of sp³-hybridized carbons (Fsp3) is 0.143. The number of hydrogen-bond acceptors (Lipinski definition) is 4. The van der Waals surface area contributed by atoms with Gasteiger partial charge in [0.05, 0.1) is 11.4 Å². The van der Waals surface area contributed by atoms with Crippen LogP contribution in [0.15, 0.2) is 23.1 Å². The number of nitrogens with two attached hydrogens (primary N) is 2. The predicted molar refractivity (Wildman–Crippen MR) is 48.4 cm³/mol. The standard InChI is InChI=1S/C7H10N2O2S/c1-12(10,11)7-5(8)3-2-4-6(7)9/h2-4H,8-9H2,1H3. The molecule has 1 aromatic rings. The minimum atomic E-state index is -3.31. The summed E-state index contributed by atoms with van der Waals surface area (Å²) in [5.74, 6) is 0. The molecule has 0 aliphatic carbocycles. The molecule has 0 aliphatic rings. The average molecular weight is 186 g/mol. The van der Waals surface area contributed by atoms with Crippen molar-refractivity contribution in [2.45, 2.75) is 4.90 Å². The SMILES string of the molecule is CS(=O)(=O)c1c(N)cccc1N.